The standard InChI is InChI=1S/C21H17F3N4O2/c22-21(23,24)14-28-12-11-25-18(28)13-17(19(29)26-15-7-3-1-4-8-15)20(30)27-16-9-5-2-6-10-16/h1-13H,14H2,(H,26,29)(H,27,30). The molecule has 0 spiro atoms. The first kappa shape index (κ1) is 20.8. The van der Waals surface area contributed by atoms with Crippen molar-refractivity contribution < 1.29 is 22.8 Å². The molecule has 9 heteroatoms. The predicted molar refractivity (Wildman–Crippen MR) is 106 cm³/mol. The van der Waals surface area contributed by atoms with Gasteiger partial charge in [0.25, 0.3) is 11.8 Å². The van der Waals surface area contributed by atoms with E-state index in [4.69, 9.17) is 0 Å². The van der Waals surface area contributed by atoms with Gasteiger partial charge in [0.1, 0.15) is 17.9 Å². The molecule has 0 saturated heterocycles. The number of aromatic nitrogens is 2. The van der Waals surface area contributed by atoms with Crippen LogP contribution in [0.15, 0.2) is 78.6 Å². The minimum atomic E-state index is -4.48. The van der Waals surface area contributed by atoms with Crippen LogP contribution in [0.3, 0.4) is 0 Å². The molecular weight excluding hydrogens is 397 g/mol. The second kappa shape index (κ2) is 9.08. The SMILES string of the molecule is O=C(Nc1ccccc1)C(=Cc1nccn1CC(F)(F)F)C(=O)Nc1ccccc1. The topological polar surface area (TPSA) is 76.0 Å². The van der Waals surface area contributed by atoms with Crippen LogP contribution in [0.25, 0.3) is 6.08 Å². The first-order valence-electron chi connectivity index (χ1n) is 8.84. The number of alkyl halides is 3. The highest BCUT2D eigenvalue weighted by Gasteiger charge is 2.29. The number of carbonyl (C=O) groups is 2. The molecule has 1 aromatic heterocycles. The number of nitrogens with one attached hydrogen (secondary N) is 2. The van der Waals surface area contributed by atoms with Gasteiger partial charge in [-0.15, -0.1) is 0 Å². The normalized spacial score (nSPS) is 10.9. The van der Waals surface area contributed by atoms with Crippen LogP contribution in [-0.2, 0) is 16.1 Å². The molecule has 0 bridgehead atoms. The molecule has 3 aromatic rings. The van der Waals surface area contributed by atoms with Crippen LogP contribution in [0.5, 0.6) is 0 Å². The molecule has 1 heterocycles. The highest BCUT2D eigenvalue weighted by molar-refractivity contribution is 6.28. The highest BCUT2D eigenvalue weighted by atomic mass is 19.4. The van der Waals surface area contributed by atoms with Crippen molar-refractivity contribution in [2.45, 2.75) is 12.7 Å². The Balaban J connectivity index is 1.93. The van der Waals surface area contributed by atoms with E-state index in [-0.39, 0.29) is 5.82 Å². The van der Waals surface area contributed by atoms with Crippen LogP contribution >= 0.6 is 0 Å². The van der Waals surface area contributed by atoms with Gasteiger partial charge in [0.15, 0.2) is 0 Å². The molecule has 0 aliphatic rings. The fourth-order valence-electron chi connectivity index (χ4n) is 2.59. The van der Waals surface area contributed by atoms with Crippen molar-refractivity contribution in [1.29, 1.82) is 0 Å². The van der Waals surface area contributed by atoms with Crippen LogP contribution in [0.4, 0.5) is 24.5 Å². The third-order valence-electron chi connectivity index (χ3n) is 3.92. The number of amides is 2. The number of hydrogen-bond donors (Lipinski definition) is 2. The number of para-hydroxylation sites is 2. The average Bonchev–Trinajstić information content (AvgIpc) is 3.12. The van der Waals surface area contributed by atoms with Gasteiger partial charge in [0.2, 0.25) is 0 Å². The lowest BCUT2D eigenvalue weighted by molar-refractivity contribution is -0.140. The van der Waals surface area contributed by atoms with Gasteiger partial charge in [-0.1, -0.05) is 36.4 Å². The van der Waals surface area contributed by atoms with E-state index in [2.05, 4.69) is 15.6 Å². The molecule has 2 N–H and O–H groups in total. The number of benzene rings is 2. The average molecular weight is 414 g/mol. The molecule has 30 heavy (non-hydrogen) atoms. The molecule has 0 aliphatic carbocycles. The van der Waals surface area contributed by atoms with Gasteiger partial charge in [-0.25, -0.2) is 4.98 Å². The van der Waals surface area contributed by atoms with E-state index < -0.39 is 30.1 Å². The lowest BCUT2D eigenvalue weighted by Gasteiger charge is -2.12. The fraction of sp³-hybridized carbons (Fsp3) is 0.0952. The predicted octanol–water partition coefficient (Wildman–Crippen LogP) is 4.11. The summed E-state index contributed by atoms with van der Waals surface area (Å²) in [7, 11) is 0. The van der Waals surface area contributed by atoms with E-state index in [9.17, 15) is 22.8 Å². The number of nitrogens with zero attached hydrogens (tertiary/aromatic N) is 2. The van der Waals surface area contributed by atoms with Gasteiger partial charge in [0, 0.05) is 23.8 Å². The molecule has 0 unspecified atom stereocenters. The minimum Gasteiger partial charge on any atom is -0.322 e. The largest absolute Gasteiger partial charge is 0.406 e. The Kier molecular flexibility index (Phi) is 6.31. The van der Waals surface area contributed by atoms with E-state index in [0.717, 1.165) is 16.8 Å². The zero-order chi connectivity index (χ0) is 21.6. The van der Waals surface area contributed by atoms with Crippen molar-refractivity contribution in [3.8, 4) is 0 Å². The number of hydrogen-bond acceptors (Lipinski definition) is 3. The molecule has 0 aliphatic heterocycles. The van der Waals surface area contributed by atoms with Crippen LogP contribution in [0, 0.1) is 0 Å². The molecule has 2 aromatic carbocycles. The van der Waals surface area contributed by atoms with Gasteiger partial charge in [-0.3, -0.25) is 9.59 Å². The van der Waals surface area contributed by atoms with E-state index in [1.54, 1.807) is 60.7 Å². The maximum Gasteiger partial charge on any atom is 0.406 e. The summed E-state index contributed by atoms with van der Waals surface area (Å²) in [6.45, 7) is -1.30. The zero-order valence-electron chi connectivity index (χ0n) is 15.6. The fourth-order valence-corrected chi connectivity index (χ4v) is 2.59. The van der Waals surface area contributed by atoms with Crippen LogP contribution in [-0.4, -0.2) is 27.5 Å². The first-order valence-corrected chi connectivity index (χ1v) is 8.84. The van der Waals surface area contributed by atoms with Crippen molar-refractivity contribution in [1.82, 2.24) is 9.55 Å². The third-order valence-corrected chi connectivity index (χ3v) is 3.92. The molecule has 2 amide bonds. The molecule has 0 radical (unpaired) electrons. The molecular formula is C21H17F3N4O2. The molecule has 0 saturated carbocycles. The Hall–Kier alpha value is -3.88. The van der Waals surface area contributed by atoms with Crippen molar-refractivity contribution in [2.75, 3.05) is 10.6 Å². The van der Waals surface area contributed by atoms with E-state index in [1.165, 1.54) is 6.20 Å². The Morgan fingerprint density at radius 3 is 1.87 bits per heavy atom. The molecule has 0 atom stereocenters. The summed E-state index contributed by atoms with van der Waals surface area (Å²) in [6.07, 6.45) is -1.16. The molecule has 6 nitrogen and oxygen atoms in total. The van der Waals surface area contributed by atoms with Crippen molar-refractivity contribution in [3.63, 3.8) is 0 Å². The summed E-state index contributed by atoms with van der Waals surface area (Å²) in [5.41, 5.74) is 0.469. The van der Waals surface area contributed by atoms with Crippen molar-refractivity contribution in [3.05, 3.63) is 84.5 Å². The van der Waals surface area contributed by atoms with Crippen molar-refractivity contribution >= 4 is 29.3 Å². The van der Waals surface area contributed by atoms with E-state index in [1.807, 2.05) is 0 Å². The first-order chi connectivity index (χ1) is 14.3. The monoisotopic (exact) mass is 414 g/mol. The maximum atomic E-state index is 12.8. The number of carbonyl (C=O) groups excluding carboxylic acids is 2. The highest BCUT2D eigenvalue weighted by Crippen LogP contribution is 2.20. The second-order valence-corrected chi connectivity index (χ2v) is 6.23. The van der Waals surface area contributed by atoms with Gasteiger partial charge >= 0.3 is 6.18 Å². The summed E-state index contributed by atoms with van der Waals surface area (Å²) < 4.78 is 39.2. The lowest BCUT2D eigenvalue weighted by atomic mass is 10.2. The number of imidazole rings is 1. The summed E-state index contributed by atoms with van der Waals surface area (Å²) in [6, 6.07) is 16.8. The Bertz CT molecular complexity index is 989. The smallest absolute Gasteiger partial charge is 0.322 e. The Labute approximate surface area is 170 Å². The molecule has 0 fully saturated rings. The van der Waals surface area contributed by atoms with Crippen LogP contribution in [0.2, 0.25) is 0 Å². The summed E-state index contributed by atoms with van der Waals surface area (Å²) in [4.78, 5) is 29.4. The number of rotatable bonds is 6. The zero-order valence-corrected chi connectivity index (χ0v) is 15.6. The van der Waals surface area contributed by atoms with E-state index >= 15 is 0 Å². The summed E-state index contributed by atoms with van der Waals surface area (Å²) >= 11 is 0. The van der Waals surface area contributed by atoms with Gasteiger partial charge in [-0.2, -0.15) is 13.2 Å². The van der Waals surface area contributed by atoms with E-state index in [0.29, 0.717) is 11.4 Å². The van der Waals surface area contributed by atoms with Gasteiger partial charge < -0.3 is 15.2 Å². The maximum absolute atomic E-state index is 12.8. The minimum absolute atomic E-state index is 0.172. The Morgan fingerprint density at radius 2 is 1.40 bits per heavy atom. The third kappa shape index (κ3) is 5.81. The van der Waals surface area contributed by atoms with Gasteiger partial charge in [0.05, 0.1) is 0 Å². The molecule has 154 valence electrons. The van der Waals surface area contributed by atoms with Crippen LogP contribution < -0.4 is 10.6 Å². The quantitative estimate of drug-likeness (QED) is 0.362. The van der Waals surface area contributed by atoms with Gasteiger partial charge in [-0.05, 0) is 30.3 Å². The molecule has 3 rings (SSSR count). The Morgan fingerprint density at radius 1 is 0.900 bits per heavy atom. The second-order valence-electron chi connectivity index (χ2n) is 6.23. The lowest BCUT2D eigenvalue weighted by Crippen LogP contribution is -2.26. The number of halogens is 3. The number of anilines is 2. The van der Waals surface area contributed by atoms with Crippen LogP contribution in [0.1, 0.15) is 5.82 Å². The summed E-state index contributed by atoms with van der Waals surface area (Å²) in [5.74, 6) is -1.74. The van der Waals surface area contributed by atoms with Crippen molar-refractivity contribution in [2.24, 2.45) is 0 Å². The summed E-state index contributed by atoms with van der Waals surface area (Å²) in [5, 5.41) is 5.12.